The fourth-order valence-corrected chi connectivity index (χ4v) is 1.30. The lowest BCUT2D eigenvalue weighted by Crippen LogP contribution is -2.65. The lowest BCUT2D eigenvalue weighted by molar-refractivity contribution is -0.188. The van der Waals surface area contributed by atoms with E-state index in [0.717, 1.165) is 0 Å². The smallest absolute Gasteiger partial charge is 0.379 e. The zero-order valence-corrected chi connectivity index (χ0v) is 9.15. The fraction of sp³-hybridized carbons (Fsp3) is 0.889. The number of hydrogen-bond acceptors (Lipinski definition) is 3. The number of carbonyl (C=O) groups excluding carboxylic acids is 1. The molecule has 7 heteroatoms. The summed E-state index contributed by atoms with van der Waals surface area (Å²) < 4.78 is 42.4. The topological polar surface area (TPSA) is 64.4 Å². The fourth-order valence-electron chi connectivity index (χ4n) is 1.30. The van der Waals surface area contributed by atoms with Crippen molar-refractivity contribution in [2.24, 2.45) is 5.73 Å². The number of hydrogen-bond donors (Lipinski definition) is 2. The minimum atomic E-state index is -4.77. The summed E-state index contributed by atoms with van der Waals surface area (Å²) in [6.45, 7) is 2.91. The molecule has 0 aromatic carbocycles. The van der Waals surface area contributed by atoms with Gasteiger partial charge in [-0.15, -0.1) is 0 Å². The number of ether oxygens (including phenoxy) is 1. The van der Waals surface area contributed by atoms with Gasteiger partial charge in [0, 0.05) is 6.61 Å². The number of alkyl halides is 3. The van der Waals surface area contributed by atoms with Crippen molar-refractivity contribution in [1.29, 1.82) is 0 Å². The van der Waals surface area contributed by atoms with Gasteiger partial charge < -0.3 is 15.8 Å². The third-order valence-electron chi connectivity index (χ3n) is 2.69. The molecule has 0 spiro atoms. The molecule has 0 bridgehead atoms. The highest BCUT2D eigenvalue weighted by Crippen LogP contribution is 2.29. The van der Waals surface area contributed by atoms with Crippen LogP contribution in [0.25, 0.3) is 0 Å². The second-order valence-electron chi connectivity index (χ2n) is 4.52. The Balaban J connectivity index is 2.72. The summed E-state index contributed by atoms with van der Waals surface area (Å²) >= 11 is 0. The SMILES string of the molecule is CC1(NC(=O)C(C)(N)C(F)(F)F)CCOC1. The molecule has 2 unspecified atom stereocenters. The second kappa shape index (κ2) is 3.89. The van der Waals surface area contributed by atoms with E-state index in [2.05, 4.69) is 5.32 Å². The molecule has 2 atom stereocenters. The van der Waals surface area contributed by atoms with E-state index in [9.17, 15) is 18.0 Å². The summed E-state index contributed by atoms with van der Waals surface area (Å²) in [6, 6.07) is 0. The van der Waals surface area contributed by atoms with Crippen LogP contribution in [0, 0.1) is 0 Å². The number of rotatable bonds is 2. The molecule has 3 N–H and O–H groups in total. The first-order valence-electron chi connectivity index (χ1n) is 4.84. The van der Waals surface area contributed by atoms with Crippen molar-refractivity contribution in [3.05, 3.63) is 0 Å². The second-order valence-corrected chi connectivity index (χ2v) is 4.52. The van der Waals surface area contributed by atoms with Crippen molar-refractivity contribution in [3.8, 4) is 0 Å². The highest BCUT2D eigenvalue weighted by Gasteiger charge is 2.55. The molecule has 0 aliphatic carbocycles. The largest absolute Gasteiger partial charge is 0.415 e. The standard InChI is InChI=1S/C9H15F3N2O2/c1-7(3-4-16-5-7)14-6(15)8(2,13)9(10,11)12/h3-5,13H2,1-2H3,(H,14,15). The van der Waals surface area contributed by atoms with Gasteiger partial charge in [-0.1, -0.05) is 0 Å². The Bertz CT molecular complexity index is 283. The average molecular weight is 240 g/mol. The zero-order chi connectivity index (χ0) is 12.6. The summed E-state index contributed by atoms with van der Waals surface area (Å²) in [6.07, 6.45) is -4.29. The molecule has 1 rings (SSSR count). The molecule has 1 amide bonds. The van der Waals surface area contributed by atoms with E-state index >= 15 is 0 Å². The van der Waals surface area contributed by atoms with Crippen molar-refractivity contribution < 1.29 is 22.7 Å². The van der Waals surface area contributed by atoms with E-state index in [0.29, 0.717) is 20.0 Å². The average Bonchev–Trinajstić information content (AvgIpc) is 2.49. The molecule has 1 heterocycles. The number of carbonyl (C=O) groups is 1. The molecular weight excluding hydrogens is 225 g/mol. The van der Waals surface area contributed by atoms with Crippen LogP contribution in [0.2, 0.25) is 0 Å². The van der Waals surface area contributed by atoms with E-state index in [1.54, 1.807) is 6.92 Å². The highest BCUT2D eigenvalue weighted by molar-refractivity contribution is 5.87. The monoisotopic (exact) mass is 240 g/mol. The van der Waals surface area contributed by atoms with E-state index in [1.165, 1.54) is 0 Å². The van der Waals surface area contributed by atoms with Crippen molar-refractivity contribution in [2.45, 2.75) is 37.5 Å². The molecule has 16 heavy (non-hydrogen) atoms. The summed E-state index contributed by atoms with van der Waals surface area (Å²) in [5.41, 5.74) is 1.36. The quantitative estimate of drug-likeness (QED) is 0.741. The molecule has 0 saturated carbocycles. The van der Waals surface area contributed by atoms with Crippen LogP contribution < -0.4 is 11.1 Å². The lowest BCUT2D eigenvalue weighted by atomic mass is 9.96. The molecular formula is C9H15F3N2O2. The summed E-state index contributed by atoms with van der Waals surface area (Å²) in [4.78, 5) is 11.5. The van der Waals surface area contributed by atoms with Crippen molar-refractivity contribution in [3.63, 3.8) is 0 Å². The van der Waals surface area contributed by atoms with Gasteiger partial charge in [0.1, 0.15) is 0 Å². The first-order valence-corrected chi connectivity index (χ1v) is 4.84. The Labute approximate surface area is 91.3 Å². The third-order valence-corrected chi connectivity index (χ3v) is 2.69. The normalized spacial score (nSPS) is 29.9. The Kier molecular flexibility index (Phi) is 3.22. The van der Waals surface area contributed by atoms with Gasteiger partial charge in [0.25, 0.3) is 0 Å². The van der Waals surface area contributed by atoms with Crippen molar-refractivity contribution in [1.82, 2.24) is 5.32 Å². The molecule has 0 aromatic rings. The Hall–Kier alpha value is -0.820. The highest BCUT2D eigenvalue weighted by atomic mass is 19.4. The molecule has 0 aromatic heterocycles. The van der Waals surface area contributed by atoms with E-state index in [1.807, 2.05) is 0 Å². The van der Waals surface area contributed by atoms with Crippen LogP contribution in [0.1, 0.15) is 20.3 Å². The molecule has 1 aliphatic heterocycles. The molecule has 1 fully saturated rings. The van der Waals surface area contributed by atoms with Gasteiger partial charge in [-0.2, -0.15) is 13.2 Å². The van der Waals surface area contributed by atoms with Gasteiger partial charge in [-0.3, -0.25) is 4.79 Å². The predicted octanol–water partition coefficient (Wildman–Crippen LogP) is 0.561. The van der Waals surface area contributed by atoms with Crippen molar-refractivity contribution >= 4 is 5.91 Å². The van der Waals surface area contributed by atoms with Gasteiger partial charge in [0.05, 0.1) is 12.1 Å². The van der Waals surface area contributed by atoms with Crippen LogP contribution in [0.15, 0.2) is 0 Å². The number of halogens is 3. The van der Waals surface area contributed by atoms with Crippen LogP contribution in [-0.2, 0) is 9.53 Å². The van der Waals surface area contributed by atoms with E-state index in [-0.39, 0.29) is 6.61 Å². The molecule has 0 radical (unpaired) electrons. The number of amides is 1. The van der Waals surface area contributed by atoms with Gasteiger partial charge in [-0.05, 0) is 20.3 Å². The molecule has 1 aliphatic rings. The van der Waals surface area contributed by atoms with Crippen LogP contribution in [0.3, 0.4) is 0 Å². The minimum Gasteiger partial charge on any atom is -0.379 e. The maximum atomic E-state index is 12.5. The first kappa shape index (κ1) is 13.2. The lowest BCUT2D eigenvalue weighted by Gasteiger charge is -2.31. The Morgan fingerprint density at radius 3 is 2.44 bits per heavy atom. The third kappa shape index (κ3) is 2.46. The predicted molar refractivity (Wildman–Crippen MR) is 50.6 cm³/mol. The number of nitrogens with two attached hydrogens (primary N) is 1. The van der Waals surface area contributed by atoms with E-state index in [4.69, 9.17) is 10.5 Å². The van der Waals surface area contributed by atoms with Gasteiger partial charge in [0.15, 0.2) is 5.54 Å². The summed E-state index contributed by atoms with van der Waals surface area (Å²) in [5, 5.41) is 2.29. The maximum Gasteiger partial charge on any atom is 0.415 e. The summed E-state index contributed by atoms with van der Waals surface area (Å²) in [7, 11) is 0. The van der Waals surface area contributed by atoms with Crippen LogP contribution in [-0.4, -0.2) is 36.4 Å². The Morgan fingerprint density at radius 2 is 2.06 bits per heavy atom. The van der Waals surface area contributed by atoms with Gasteiger partial charge >= 0.3 is 6.18 Å². The van der Waals surface area contributed by atoms with Gasteiger partial charge in [0.2, 0.25) is 5.91 Å². The zero-order valence-electron chi connectivity index (χ0n) is 9.15. The number of nitrogens with one attached hydrogen (secondary N) is 1. The Morgan fingerprint density at radius 1 is 1.50 bits per heavy atom. The minimum absolute atomic E-state index is 0.201. The molecule has 4 nitrogen and oxygen atoms in total. The maximum absolute atomic E-state index is 12.5. The van der Waals surface area contributed by atoms with Crippen molar-refractivity contribution in [2.75, 3.05) is 13.2 Å². The van der Waals surface area contributed by atoms with Crippen LogP contribution in [0.4, 0.5) is 13.2 Å². The first-order chi connectivity index (χ1) is 7.08. The molecule has 1 saturated heterocycles. The molecule has 94 valence electrons. The van der Waals surface area contributed by atoms with Crippen LogP contribution in [0.5, 0.6) is 0 Å². The summed E-state index contributed by atoms with van der Waals surface area (Å²) in [5.74, 6) is -1.23. The van der Waals surface area contributed by atoms with E-state index < -0.39 is 23.2 Å². The van der Waals surface area contributed by atoms with Gasteiger partial charge in [-0.25, -0.2) is 0 Å². The van der Waals surface area contributed by atoms with Crippen LogP contribution >= 0.6 is 0 Å².